The lowest BCUT2D eigenvalue weighted by Crippen LogP contribution is -2.46. The maximum Gasteiger partial charge on any atom is 0.339 e. The van der Waals surface area contributed by atoms with Gasteiger partial charge in [-0.25, -0.2) is 13.2 Å². The van der Waals surface area contributed by atoms with E-state index in [4.69, 9.17) is 4.74 Å². The smallest absolute Gasteiger partial charge is 0.339 e. The number of rotatable bonds is 9. The average Bonchev–Trinajstić information content (AvgIpc) is 2.57. The van der Waals surface area contributed by atoms with Crippen LogP contribution in [0.4, 0.5) is 0 Å². The van der Waals surface area contributed by atoms with Crippen molar-refractivity contribution in [1.82, 2.24) is 9.62 Å². The van der Waals surface area contributed by atoms with Crippen LogP contribution in [0.5, 0.6) is 0 Å². The first-order chi connectivity index (χ1) is 12.1. The minimum atomic E-state index is -4.34. The third kappa shape index (κ3) is 5.27. The number of sulfonamides is 1. The van der Waals surface area contributed by atoms with Gasteiger partial charge in [0.2, 0.25) is 15.9 Å². The molecule has 0 saturated carbocycles. The number of carbonyl (C=O) groups is 3. The Bertz CT molecular complexity index is 777. The Hall–Kier alpha value is -2.46. The molecule has 0 radical (unpaired) electrons. The highest BCUT2D eigenvalue weighted by molar-refractivity contribution is 7.89. The van der Waals surface area contributed by atoms with Gasteiger partial charge in [0.15, 0.2) is 0 Å². The quantitative estimate of drug-likeness (QED) is 0.590. The van der Waals surface area contributed by atoms with Crippen LogP contribution in [-0.4, -0.2) is 61.4 Å². The Kier molecular flexibility index (Phi) is 7.72. The topological polar surface area (TPSA) is 130 Å². The zero-order valence-corrected chi connectivity index (χ0v) is 15.6. The molecular formula is C16H22N2O7S. The predicted octanol–water partition coefficient (Wildman–Crippen LogP) is 0.463. The molecule has 0 fully saturated rings. The summed E-state index contributed by atoms with van der Waals surface area (Å²) in [6.07, 6.45) is 0. The summed E-state index contributed by atoms with van der Waals surface area (Å²) in [4.78, 5) is 34.1. The molecule has 0 heterocycles. The van der Waals surface area contributed by atoms with E-state index in [0.29, 0.717) is 0 Å². The summed E-state index contributed by atoms with van der Waals surface area (Å²) in [5, 5.41) is 11.7. The SMILES string of the molecule is CCOC(=O)c1ccccc1S(=O)(=O)N(CCNC(C)=O)C(C)C(=O)O. The Labute approximate surface area is 152 Å². The Balaban J connectivity index is 3.34. The molecule has 0 spiro atoms. The number of hydrogen-bond acceptors (Lipinski definition) is 6. The molecule has 0 aliphatic heterocycles. The molecule has 1 unspecified atom stereocenters. The number of hydrogen-bond donors (Lipinski definition) is 2. The van der Waals surface area contributed by atoms with E-state index in [1.165, 1.54) is 38.1 Å². The second-order valence-corrected chi connectivity index (χ2v) is 7.19. The molecule has 2 N–H and O–H groups in total. The number of carbonyl (C=O) groups excluding carboxylic acids is 2. The summed E-state index contributed by atoms with van der Waals surface area (Å²) >= 11 is 0. The van der Waals surface area contributed by atoms with Gasteiger partial charge in [-0.2, -0.15) is 4.31 Å². The van der Waals surface area contributed by atoms with Gasteiger partial charge in [0.05, 0.1) is 17.1 Å². The average molecular weight is 386 g/mol. The fraction of sp³-hybridized carbons (Fsp3) is 0.438. The van der Waals surface area contributed by atoms with Gasteiger partial charge in [-0.1, -0.05) is 12.1 Å². The van der Waals surface area contributed by atoms with Crippen molar-refractivity contribution in [3.05, 3.63) is 29.8 Å². The Morgan fingerprint density at radius 1 is 1.27 bits per heavy atom. The lowest BCUT2D eigenvalue weighted by molar-refractivity contribution is -0.140. The second kappa shape index (κ2) is 9.30. The van der Waals surface area contributed by atoms with Crippen molar-refractivity contribution in [3.63, 3.8) is 0 Å². The van der Waals surface area contributed by atoms with Crippen LogP contribution in [0.1, 0.15) is 31.1 Å². The van der Waals surface area contributed by atoms with E-state index in [0.717, 1.165) is 4.31 Å². The highest BCUT2D eigenvalue weighted by Gasteiger charge is 2.35. The van der Waals surface area contributed by atoms with E-state index < -0.39 is 28.0 Å². The van der Waals surface area contributed by atoms with Crippen LogP contribution in [0.3, 0.4) is 0 Å². The van der Waals surface area contributed by atoms with E-state index in [-0.39, 0.29) is 36.1 Å². The normalized spacial score (nSPS) is 12.5. The van der Waals surface area contributed by atoms with Gasteiger partial charge >= 0.3 is 11.9 Å². The summed E-state index contributed by atoms with van der Waals surface area (Å²) < 4.78 is 31.6. The van der Waals surface area contributed by atoms with Crippen LogP contribution in [0.2, 0.25) is 0 Å². The van der Waals surface area contributed by atoms with Gasteiger partial charge in [0.25, 0.3) is 0 Å². The fourth-order valence-electron chi connectivity index (χ4n) is 2.18. The molecule has 9 nitrogen and oxygen atoms in total. The van der Waals surface area contributed by atoms with Crippen LogP contribution >= 0.6 is 0 Å². The van der Waals surface area contributed by atoms with Gasteiger partial charge in [-0.3, -0.25) is 9.59 Å². The Morgan fingerprint density at radius 3 is 2.42 bits per heavy atom. The summed E-state index contributed by atoms with van der Waals surface area (Å²) in [7, 11) is -4.34. The van der Waals surface area contributed by atoms with Gasteiger partial charge < -0.3 is 15.2 Å². The van der Waals surface area contributed by atoms with Crippen LogP contribution in [-0.2, 0) is 24.3 Å². The van der Waals surface area contributed by atoms with E-state index in [1.807, 2.05) is 0 Å². The van der Waals surface area contributed by atoms with E-state index in [2.05, 4.69) is 5.32 Å². The minimum absolute atomic E-state index is 0.0605. The predicted molar refractivity (Wildman–Crippen MR) is 92.1 cm³/mol. The largest absolute Gasteiger partial charge is 0.480 e. The zero-order chi connectivity index (χ0) is 19.9. The molecule has 144 valence electrons. The van der Waals surface area contributed by atoms with Crippen molar-refractivity contribution >= 4 is 27.9 Å². The maximum absolute atomic E-state index is 13.0. The van der Waals surface area contributed by atoms with Crippen molar-refractivity contribution in [2.45, 2.75) is 31.7 Å². The zero-order valence-electron chi connectivity index (χ0n) is 14.8. The molecule has 0 saturated heterocycles. The van der Waals surface area contributed by atoms with Crippen LogP contribution in [0.15, 0.2) is 29.2 Å². The number of aliphatic carboxylic acids is 1. The van der Waals surface area contributed by atoms with Crippen molar-refractivity contribution in [1.29, 1.82) is 0 Å². The molecule has 10 heteroatoms. The molecule has 1 aromatic rings. The van der Waals surface area contributed by atoms with Gasteiger partial charge in [-0.15, -0.1) is 0 Å². The number of amides is 1. The summed E-state index contributed by atoms with van der Waals surface area (Å²) in [5.41, 5.74) is -0.184. The van der Waals surface area contributed by atoms with Gasteiger partial charge in [0.1, 0.15) is 6.04 Å². The lowest BCUT2D eigenvalue weighted by atomic mass is 10.2. The van der Waals surface area contributed by atoms with Gasteiger partial charge in [-0.05, 0) is 26.0 Å². The number of benzene rings is 1. The number of nitrogens with zero attached hydrogens (tertiary/aromatic N) is 1. The van der Waals surface area contributed by atoms with Crippen molar-refractivity contribution in [2.75, 3.05) is 19.7 Å². The van der Waals surface area contributed by atoms with Crippen LogP contribution in [0.25, 0.3) is 0 Å². The van der Waals surface area contributed by atoms with E-state index in [1.54, 1.807) is 6.92 Å². The number of ether oxygens (including phenoxy) is 1. The second-order valence-electron chi connectivity index (χ2n) is 5.33. The highest BCUT2D eigenvalue weighted by atomic mass is 32.2. The third-order valence-corrected chi connectivity index (χ3v) is 5.49. The molecule has 1 rings (SSSR count). The molecule has 0 aliphatic rings. The van der Waals surface area contributed by atoms with Crippen molar-refractivity contribution in [2.24, 2.45) is 0 Å². The summed E-state index contributed by atoms with van der Waals surface area (Å²) in [6, 6.07) is 4.01. The Morgan fingerprint density at radius 2 is 1.88 bits per heavy atom. The maximum atomic E-state index is 13.0. The number of carboxylic acids is 1. The molecule has 0 aromatic heterocycles. The first-order valence-electron chi connectivity index (χ1n) is 7.88. The van der Waals surface area contributed by atoms with Crippen LogP contribution < -0.4 is 5.32 Å². The van der Waals surface area contributed by atoms with E-state index >= 15 is 0 Å². The molecule has 0 bridgehead atoms. The number of carboxylic acid groups (broad SMARTS) is 1. The first kappa shape index (κ1) is 21.6. The molecule has 0 aliphatic carbocycles. The molecule has 1 aromatic carbocycles. The fourth-order valence-corrected chi connectivity index (χ4v) is 3.95. The monoisotopic (exact) mass is 386 g/mol. The van der Waals surface area contributed by atoms with Crippen molar-refractivity contribution in [3.8, 4) is 0 Å². The molecule has 1 atom stereocenters. The third-order valence-electron chi connectivity index (χ3n) is 3.46. The highest BCUT2D eigenvalue weighted by Crippen LogP contribution is 2.23. The number of nitrogens with one attached hydrogen (secondary N) is 1. The molecule has 26 heavy (non-hydrogen) atoms. The molecular weight excluding hydrogens is 364 g/mol. The van der Waals surface area contributed by atoms with Crippen LogP contribution in [0, 0.1) is 0 Å². The number of esters is 1. The lowest BCUT2D eigenvalue weighted by Gasteiger charge is -2.26. The molecule has 1 amide bonds. The summed E-state index contributed by atoms with van der Waals surface area (Å²) in [6.45, 7) is 3.77. The standard InChI is InChI=1S/C16H22N2O7S/c1-4-25-16(22)13-7-5-6-8-14(13)26(23,24)18(11(2)15(20)21)10-9-17-12(3)19/h5-8,11H,4,9-10H2,1-3H3,(H,17,19)(H,20,21). The summed E-state index contributed by atoms with van der Waals surface area (Å²) in [5.74, 6) is -2.56. The van der Waals surface area contributed by atoms with E-state index in [9.17, 15) is 27.9 Å². The minimum Gasteiger partial charge on any atom is -0.480 e. The van der Waals surface area contributed by atoms with Gasteiger partial charge in [0, 0.05) is 20.0 Å². The first-order valence-corrected chi connectivity index (χ1v) is 9.32. The van der Waals surface area contributed by atoms with Crippen molar-refractivity contribution < 1.29 is 32.6 Å².